The van der Waals surface area contributed by atoms with Gasteiger partial charge in [-0.1, -0.05) is 19.1 Å². The summed E-state index contributed by atoms with van der Waals surface area (Å²) in [7, 11) is 1.89. The Morgan fingerprint density at radius 2 is 2.12 bits per heavy atom. The van der Waals surface area contributed by atoms with Gasteiger partial charge in [0.25, 0.3) is 0 Å². The second-order valence-electron chi connectivity index (χ2n) is 3.67. The van der Waals surface area contributed by atoms with Gasteiger partial charge in [-0.15, -0.1) is 10.2 Å². The highest BCUT2D eigenvalue weighted by Crippen LogP contribution is 2.28. The lowest BCUT2D eigenvalue weighted by atomic mass is 10.2. The topological polar surface area (TPSA) is 51.0 Å². The number of rotatable bonds is 4. The fourth-order valence-electron chi connectivity index (χ4n) is 1.62. The predicted octanol–water partition coefficient (Wildman–Crippen LogP) is 3.17. The Kier molecular flexibility index (Phi) is 3.91. The minimum absolute atomic E-state index is 0.110. The molecule has 0 aliphatic heterocycles. The van der Waals surface area contributed by atoms with Crippen LogP contribution in [0.15, 0.2) is 33.2 Å². The van der Waals surface area contributed by atoms with E-state index >= 15 is 0 Å². The molecule has 5 heteroatoms. The van der Waals surface area contributed by atoms with Gasteiger partial charge in [0.05, 0.1) is 11.6 Å². The molecule has 1 aromatic heterocycles. The maximum Gasteiger partial charge on any atom is 0.248 e. The molecular weight excluding hydrogens is 282 g/mol. The van der Waals surface area contributed by atoms with E-state index in [-0.39, 0.29) is 6.04 Å². The average molecular weight is 296 g/mol. The zero-order chi connectivity index (χ0) is 12.3. The third kappa shape index (κ3) is 2.56. The second kappa shape index (κ2) is 5.42. The average Bonchev–Trinajstić information content (AvgIpc) is 2.81. The highest BCUT2D eigenvalue weighted by Gasteiger charge is 2.16. The number of halogens is 1. The van der Waals surface area contributed by atoms with Gasteiger partial charge in [-0.3, -0.25) is 0 Å². The zero-order valence-corrected chi connectivity index (χ0v) is 11.4. The van der Waals surface area contributed by atoms with E-state index in [9.17, 15) is 0 Å². The van der Waals surface area contributed by atoms with E-state index in [2.05, 4.69) is 38.4 Å². The summed E-state index contributed by atoms with van der Waals surface area (Å²) in [6.07, 6.45) is 0.911. The van der Waals surface area contributed by atoms with Crippen molar-refractivity contribution in [3.8, 4) is 11.5 Å². The van der Waals surface area contributed by atoms with Crippen molar-refractivity contribution >= 4 is 15.9 Å². The maximum absolute atomic E-state index is 5.68. The second-order valence-corrected chi connectivity index (χ2v) is 4.53. The molecule has 0 radical (unpaired) electrons. The third-order valence-electron chi connectivity index (χ3n) is 2.60. The van der Waals surface area contributed by atoms with Gasteiger partial charge in [-0.25, -0.2) is 0 Å². The Balaban J connectivity index is 2.33. The summed E-state index contributed by atoms with van der Waals surface area (Å²) in [5, 5.41) is 11.3. The number of benzene rings is 1. The molecule has 0 saturated carbocycles. The van der Waals surface area contributed by atoms with Crippen molar-refractivity contribution in [1.82, 2.24) is 15.5 Å². The molecule has 0 amide bonds. The molecule has 0 aliphatic carbocycles. The molecule has 0 saturated heterocycles. The predicted molar refractivity (Wildman–Crippen MR) is 69.5 cm³/mol. The summed E-state index contributed by atoms with van der Waals surface area (Å²) in [4.78, 5) is 0. The first kappa shape index (κ1) is 12.3. The van der Waals surface area contributed by atoms with Crippen LogP contribution in [-0.2, 0) is 0 Å². The Morgan fingerprint density at radius 1 is 1.35 bits per heavy atom. The Hall–Kier alpha value is -1.20. The molecule has 1 heterocycles. The van der Waals surface area contributed by atoms with Crippen LogP contribution < -0.4 is 5.32 Å². The summed E-state index contributed by atoms with van der Waals surface area (Å²) >= 11 is 3.47. The van der Waals surface area contributed by atoms with Gasteiger partial charge < -0.3 is 9.73 Å². The highest BCUT2D eigenvalue weighted by molar-refractivity contribution is 9.10. The molecule has 4 nitrogen and oxygen atoms in total. The number of hydrogen-bond acceptors (Lipinski definition) is 4. The summed E-state index contributed by atoms with van der Waals surface area (Å²) in [5.41, 5.74) is 0.914. The van der Waals surface area contributed by atoms with Crippen LogP contribution in [0.25, 0.3) is 11.5 Å². The van der Waals surface area contributed by atoms with Crippen molar-refractivity contribution in [2.24, 2.45) is 0 Å². The normalized spacial score (nSPS) is 12.6. The van der Waals surface area contributed by atoms with E-state index < -0.39 is 0 Å². The molecule has 0 aliphatic rings. The largest absolute Gasteiger partial charge is 0.419 e. The molecule has 90 valence electrons. The van der Waals surface area contributed by atoms with Gasteiger partial charge in [0.15, 0.2) is 0 Å². The van der Waals surface area contributed by atoms with E-state index in [1.165, 1.54) is 0 Å². The molecule has 1 atom stereocenters. The third-order valence-corrected chi connectivity index (χ3v) is 3.29. The number of hydrogen-bond donors (Lipinski definition) is 1. The van der Waals surface area contributed by atoms with Gasteiger partial charge in [0, 0.05) is 4.47 Å². The van der Waals surface area contributed by atoms with E-state index in [1.807, 2.05) is 31.3 Å². The summed E-state index contributed by atoms with van der Waals surface area (Å²) in [6, 6.07) is 7.90. The molecule has 2 aromatic rings. The van der Waals surface area contributed by atoms with Crippen molar-refractivity contribution in [1.29, 1.82) is 0 Å². The van der Waals surface area contributed by atoms with Crippen molar-refractivity contribution in [2.75, 3.05) is 7.05 Å². The summed E-state index contributed by atoms with van der Waals surface area (Å²) in [5.74, 6) is 1.17. The quantitative estimate of drug-likeness (QED) is 0.941. The number of aromatic nitrogens is 2. The van der Waals surface area contributed by atoms with Crippen LogP contribution in [0.1, 0.15) is 25.3 Å². The van der Waals surface area contributed by atoms with Crippen LogP contribution in [0.4, 0.5) is 0 Å². The van der Waals surface area contributed by atoms with Gasteiger partial charge in [-0.2, -0.15) is 0 Å². The fourth-order valence-corrected chi connectivity index (χ4v) is 2.08. The first-order valence-corrected chi connectivity index (χ1v) is 6.31. The molecule has 2 rings (SSSR count). The lowest BCUT2D eigenvalue weighted by Gasteiger charge is -2.07. The molecule has 1 aromatic carbocycles. The van der Waals surface area contributed by atoms with Crippen LogP contribution in [0.2, 0.25) is 0 Å². The lowest BCUT2D eigenvalue weighted by molar-refractivity contribution is 0.415. The Bertz CT molecular complexity index is 494. The standard InChI is InChI=1S/C12H14BrN3O/c1-3-10(14-2)12-16-15-11(17-12)8-6-4-5-7-9(8)13/h4-7,10,14H,3H2,1-2H3. The number of nitrogens with one attached hydrogen (secondary N) is 1. The zero-order valence-electron chi connectivity index (χ0n) is 9.77. The molecule has 1 N–H and O–H groups in total. The van der Waals surface area contributed by atoms with Crippen LogP contribution in [0, 0.1) is 0 Å². The highest BCUT2D eigenvalue weighted by atomic mass is 79.9. The van der Waals surface area contributed by atoms with Crippen molar-refractivity contribution < 1.29 is 4.42 Å². The van der Waals surface area contributed by atoms with E-state index in [0.717, 1.165) is 16.5 Å². The van der Waals surface area contributed by atoms with Crippen molar-refractivity contribution in [3.63, 3.8) is 0 Å². The minimum atomic E-state index is 0.110. The van der Waals surface area contributed by atoms with Crippen molar-refractivity contribution in [3.05, 3.63) is 34.6 Å². The van der Waals surface area contributed by atoms with Crippen LogP contribution in [0.3, 0.4) is 0 Å². The first-order chi connectivity index (χ1) is 8.26. The van der Waals surface area contributed by atoms with Gasteiger partial charge >= 0.3 is 0 Å². The van der Waals surface area contributed by atoms with Crippen molar-refractivity contribution in [2.45, 2.75) is 19.4 Å². The Labute approximate surface area is 109 Å². The van der Waals surface area contributed by atoms with E-state index in [1.54, 1.807) is 0 Å². The van der Waals surface area contributed by atoms with E-state index in [4.69, 9.17) is 4.42 Å². The van der Waals surface area contributed by atoms with Gasteiger partial charge in [0.1, 0.15) is 0 Å². The lowest BCUT2D eigenvalue weighted by Crippen LogP contribution is -2.15. The van der Waals surface area contributed by atoms with Crippen LogP contribution in [-0.4, -0.2) is 17.2 Å². The fraction of sp³-hybridized carbons (Fsp3) is 0.333. The van der Waals surface area contributed by atoms with E-state index in [0.29, 0.717) is 11.8 Å². The smallest absolute Gasteiger partial charge is 0.248 e. The SMILES string of the molecule is CCC(NC)c1nnc(-c2ccccc2Br)o1. The number of nitrogens with zero attached hydrogens (tertiary/aromatic N) is 2. The van der Waals surface area contributed by atoms with Gasteiger partial charge in [-0.05, 0) is 41.5 Å². The Morgan fingerprint density at radius 3 is 2.76 bits per heavy atom. The maximum atomic E-state index is 5.68. The summed E-state index contributed by atoms with van der Waals surface area (Å²) < 4.78 is 6.63. The van der Waals surface area contributed by atoms with Crippen LogP contribution in [0.5, 0.6) is 0 Å². The molecule has 0 bridgehead atoms. The summed E-state index contributed by atoms with van der Waals surface area (Å²) in [6.45, 7) is 2.07. The molecule has 1 unspecified atom stereocenters. The first-order valence-electron chi connectivity index (χ1n) is 5.51. The molecular formula is C12H14BrN3O. The molecule has 0 fully saturated rings. The van der Waals surface area contributed by atoms with Crippen LogP contribution >= 0.6 is 15.9 Å². The minimum Gasteiger partial charge on any atom is -0.419 e. The monoisotopic (exact) mass is 295 g/mol. The molecule has 17 heavy (non-hydrogen) atoms. The molecule has 0 spiro atoms. The van der Waals surface area contributed by atoms with Gasteiger partial charge in [0.2, 0.25) is 11.8 Å².